The van der Waals surface area contributed by atoms with Crippen LogP contribution in [0.25, 0.3) is 0 Å². The summed E-state index contributed by atoms with van der Waals surface area (Å²) in [6.07, 6.45) is -0.760. The summed E-state index contributed by atoms with van der Waals surface area (Å²) < 4.78 is 5.52. The molecule has 0 radical (unpaired) electrons. The number of ether oxygens (including phenoxy) is 1. The lowest BCUT2D eigenvalue weighted by Gasteiger charge is -2.15. The molecule has 0 heterocycles. The molecule has 6 heteroatoms. The van der Waals surface area contributed by atoms with Gasteiger partial charge in [-0.3, -0.25) is 4.79 Å². The van der Waals surface area contributed by atoms with Crippen LogP contribution in [0.1, 0.15) is 12.5 Å². The number of amides is 1. The van der Waals surface area contributed by atoms with E-state index in [1.165, 1.54) is 6.07 Å². The average Bonchev–Trinajstić information content (AvgIpc) is 2.51. The predicted molar refractivity (Wildman–Crippen MR) is 86.3 cm³/mol. The largest absolute Gasteiger partial charge is 0.481 e. The maximum absolute atomic E-state index is 12.1. The number of hydrogen-bond acceptors (Lipinski definition) is 3. The number of carbonyl (C=O) groups excluding carboxylic acids is 1. The number of nitrogens with one attached hydrogen (secondary N) is 1. The third-order valence-electron chi connectivity index (χ3n) is 2.88. The summed E-state index contributed by atoms with van der Waals surface area (Å²) in [5, 5.41) is 12.4. The number of rotatable bonds is 4. The van der Waals surface area contributed by atoms with E-state index in [-0.39, 0.29) is 5.91 Å². The van der Waals surface area contributed by atoms with E-state index >= 15 is 0 Å². The van der Waals surface area contributed by atoms with Gasteiger partial charge in [-0.15, -0.1) is 0 Å². The van der Waals surface area contributed by atoms with Crippen molar-refractivity contribution in [2.45, 2.75) is 13.0 Å². The van der Waals surface area contributed by atoms with Gasteiger partial charge in [0.1, 0.15) is 11.8 Å². The van der Waals surface area contributed by atoms with Crippen LogP contribution in [-0.4, -0.2) is 12.0 Å². The minimum Gasteiger partial charge on any atom is -0.481 e. The third-order valence-corrected chi connectivity index (χ3v) is 3.62. The van der Waals surface area contributed by atoms with Gasteiger partial charge in [0.2, 0.25) is 0 Å². The highest BCUT2D eigenvalue weighted by atomic mass is 35.5. The quantitative estimate of drug-likeness (QED) is 0.907. The summed E-state index contributed by atoms with van der Waals surface area (Å²) >= 11 is 11.7. The van der Waals surface area contributed by atoms with Crippen LogP contribution in [0.3, 0.4) is 0 Å². The first-order valence-electron chi connectivity index (χ1n) is 6.43. The summed E-state index contributed by atoms with van der Waals surface area (Å²) in [5.41, 5.74) is 0.831. The van der Waals surface area contributed by atoms with E-state index in [0.29, 0.717) is 27.0 Å². The van der Waals surface area contributed by atoms with Gasteiger partial charge in [-0.05, 0) is 31.2 Å². The molecular formula is C16H12Cl2N2O2. The van der Waals surface area contributed by atoms with Gasteiger partial charge in [-0.1, -0.05) is 35.3 Å². The first-order valence-corrected chi connectivity index (χ1v) is 7.18. The van der Waals surface area contributed by atoms with Crippen LogP contribution in [0.15, 0.2) is 42.5 Å². The van der Waals surface area contributed by atoms with Crippen LogP contribution in [0.5, 0.6) is 5.75 Å². The van der Waals surface area contributed by atoms with E-state index in [0.717, 1.165) is 0 Å². The zero-order valence-corrected chi connectivity index (χ0v) is 13.2. The molecule has 2 aromatic rings. The van der Waals surface area contributed by atoms with Gasteiger partial charge in [0.15, 0.2) is 6.10 Å². The molecule has 2 rings (SSSR count). The molecular weight excluding hydrogens is 323 g/mol. The molecule has 0 bridgehead atoms. The normalized spacial score (nSPS) is 11.4. The molecule has 0 saturated heterocycles. The average molecular weight is 335 g/mol. The molecule has 0 aliphatic rings. The monoisotopic (exact) mass is 334 g/mol. The van der Waals surface area contributed by atoms with Crippen LogP contribution >= 0.6 is 23.2 Å². The number of carbonyl (C=O) groups is 1. The summed E-state index contributed by atoms with van der Waals surface area (Å²) in [6.45, 7) is 1.60. The number of halogens is 2. The van der Waals surface area contributed by atoms with E-state index < -0.39 is 6.10 Å². The van der Waals surface area contributed by atoms with E-state index in [1.54, 1.807) is 43.3 Å². The Morgan fingerprint density at radius 3 is 2.64 bits per heavy atom. The molecule has 1 atom stereocenters. The summed E-state index contributed by atoms with van der Waals surface area (Å²) in [6, 6.07) is 13.5. The number of benzene rings is 2. The molecule has 0 aromatic heterocycles. The van der Waals surface area contributed by atoms with Gasteiger partial charge < -0.3 is 10.1 Å². The second-order valence-electron chi connectivity index (χ2n) is 4.48. The number of nitriles is 1. The molecule has 2 aromatic carbocycles. The summed E-state index contributed by atoms with van der Waals surface area (Å²) in [4.78, 5) is 12.1. The number of nitrogens with zero attached hydrogens (tertiary/aromatic N) is 1. The van der Waals surface area contributed by atoms with Crippen LogP contribution in [-0.2, 0) is 4.79 Å². The molecule has 4 nitrogen and oxygen atoms in total. The Hall–Kier alpha value is -2.22. The van der Waals surface area contributed by atoms with E-state index in [9.17, 15) is 4.79 Å². The molecule has 1 amide bonds. The summed E-state index contributed by atoms with van der Waals surface area (Å²) in [5.74, 6) is 0.0689. The Balaban J connectivity index is 2.06. The second kappa shape index (κ2) is 7.17. The standard InChI is InChI=1S/C16H12Cl2N2O2/c1-10(22-12-6-7-13(17)14(18)8-12)16(21)20-15-5-3-2-4-11(15)9-19/h2-8,10H,1H3,(H,20,21)/t10-/m0/s1. The van der Waals surface area contributed by atoms with Crippen molar-refractivity contribution < 1.29 is 9.53 Å². The molecule has 0 aliphatic heterocycles. The lowest BCUT2D eigenvalue weighted by atomic mass is 10.2. The smallest absolute Gasteiger partial charge is 0.265 e. The van der Waals surface area contributed by atoms with Gasteiger partial charge in [-0.2, -0.15) is 5.26 Å². The molecule has 0 unspecified atom stereocenters. The maximum Gasteiger partial charge on any atom is 0.265 e. The molecule has 22 heavy (non-hydrogen) atoms. The number of para-hydroxylation sites is 1. The van der Waals surface area contributed by atoms with Crippen LogP contribution in [0.2, 0.25) is 10.0 Å². The van der Waals surface area contributed by atoms with Crippen LogP contribution in [0.4, 0.5) is 5.69 Å². The van der Waals surface area contributed by atoms with Crippen molar-refractivity contribution in [3.63, 3.8) is 0 Å². The zero-order valence-electron chi connectivity index (χ0n) is 11.6. The van der Waals surface area contributed by atoms with Crippen LogP contribution in [0, 0.1) is 11.3 Å². The highest BCUT2D eigenvalue weighted by molar-refractivity contribution is 6.42. The van der Waals surface area contributed by atoms with E-state index in [1.807, 2.05) is 6.07 Å². The van der Waals surface area contributed by atoms with Crippen molar-refractivity contribution in [1.29, 1.82) is 5.26 Å². The van der Waals surface area contributed by atoms with Crippen LogP contribution < -0.4 is 10.1 Å². The number of anilines is 1. The highest BCUT2D eigenvalue weighted by Gasteiger charge is 2.16. The lowest BCUT2D eigenvalue weighted by molar-refractivity contribution is -0.122. The van der Waals surface area contributed by atoms with Crippen molar-refractivity contribution in [1.82, 2.24) is 0 Å². The Kier molecular flexibility index (Phi) is 5.26. The molecule has 1 N–H and O–H groups in total. The van der Waals surface area contributed by atoms with Crippen molar-refractivity contribution in [2.24, 2.45) is 0 Å². The van der Waals surface area contributed by atoms with E-state index in [2.05, 4.69) is 5.32 Å². The van der Waals surface area contributed by atoms with E-state index in [4.69, 9.17) is 33.2 Å². The second-order valence-corrected chi connectivity index (χ2v) is 5.30. The Morgan fingerprint density at radius 2 is 1.95 bits per heavy atom. The molecule has 112 valence electrons. The fourth-order valence-corrected chi connectivity index (χ4v) is 2.02. The van der Waals surface area contributed by atoms with Gasteiger partial charge >= 0.3 is 0 Å². The molecule has 0 aliphatic carbocycles. The fourth-order valence-electron chi connectivity index (χ4n) is 1.73. The minimum absolute atomic E-state index is 0.349. The Labute approximate surface area is 138 Å². The highest BCUT2D eigenvalue weighted by Crippen LogP contribution is 2.27. The molecule has 0 saturated carbocycles. The Bertz CT molecular complexity index is 741. The topological polar surface area (TPSA) is 62.1 Å². The SMILES string of the molecule is C[C@H](Oc1ccc(Cl)c(Cl)c1)C(=O)Nc1ccccc1C#N. The van der Waals surface area contributed by atoms with Gasteiger partial charge in [0.25, 0.3) is 5.91 Å². The van der Waals surface area contributed by atoms with Crippen molar-refractivity contribution >= 4 is 34.8 Å². The van der Waals surface area contributed by atoms with Gasteiger partial charge in [-0.25, -0.2) is 0 Å². The predicted octanol–water partition coefficient (Wildman–Crippen LogP) is 4.27. The first kappa shape index (κ1) is 16.2. The van der Waals surface area contributed by atoms with Crippen molar-refractivity contribution in [2.75, 3.05) is 5.32 Å². The Morgan fingerprint density at radius 1 is 1.23 bits per heavy atom. The fraction of sp³-hybridized carbons (Fsp3) is 0.125. The number of hydrogen-bond donors (Lipinski definition) is 1. The first-order chi connectivity index (χ1) is 10.5. The molecule has 0 fully saturated rings. The summed E-state index contributed by atoms with van der Waals surface area (Å²) in [7, 11) is 0. The zero-order chi connectivity index (χ0) is 16.1. The molecule has 0 spiro atoms. The maximum atomic E-state index is 12.1. The van der Waals surface area contributed by atoms with Crippen molar-refractivity contribution in [3.05, 3.63) is 58.1 Å². The third kappa shape index (κ3) is 3.91. The minimum atomic E-state index is -0.760. The van der Waals surface area contributed by atoms with Gasteiger partial charge in [0, 0.05) is 6.07 Å². The van der Waals surface area contributed by atoms with Gasteiger partial charge in [0.05, 0.1) is 21.3 Å². The van der Waals surface area contributed by atoms with Crippen molar-refractivity contribution in [3.8, 4) is 11.8 Å². The lowest BCUT2D eigenvalue weighted by Crippen LogP contribution is -2.30.